The van der Waals surface area contributed by atoms with Crippen molar-refractivity contribution < 1.29 is 13.2 Å². The highest BCUT2D eigenvalue weighted by molar-refractivity contribution is 7.88. The van der Waals surface area contributed by atoms with Crippen LogP contribution in [0.4, 0.5) is 0 Å². The lowest BCUT2D eigenvalue weighted by Crippen LogP contribution is -2.44. The Hall–Kier alpha value is -0.620. The van der Waals surface area contributed by atoms with E-state index in [9.17, 15) is 13.2 Å². The molecule has 0 bridgehead atoms. The van der Waals surface area contributed by atoms with Gasteiger partial charge in [-0.05, 0) is 25.7 Å². The minimum absolute atomic E-state index is 0.0383. The fraction of sp³-hybridized carbons (Fsp3) is 0.917. The molecule has 0 saturated carbocycles. The predicted octanol–water partition coefficient (Wildman–Crippen LogP) is 0.963. The summed E-state index contributed by atoms with van der Waals surface area (Å²) in [5.74, 6) is 0.0421. The van der Waals surface area contributed by atoms with Crippen LogP contribution in [0.25, 0.3) is 0 Å². The third kappa shape index (κ3) is 4.24. The van der Waals surface area contributed by atoms with Crippen LogP contribution in [-0.4, -0.2) is 44.0 Å². The topological polar surface area (TPSA) is 66.5 Å². The molecule has 0 radical (unpaired) electrons. The van der Waals surface area contributed by atoms with Crippen LogP contribution in [0.2, 0.25) is 0 Å². The number of carbonyl (C=O) groups is 1. The maximum Gasteiger partial charge on any atom is 0.223 e. The minimum atomic E-state index is -3.11. The monoisotopic (exact) mass is 276 g/mol. The number of amides is 1. The summed E-state index contributed by atoms with van der Waals surface area (Å²) in [6, 6.07) is 0.241. The van der Waals surface area contributed by atoms with Crippen LogP contribution in [-0.2, 0) is 14.8 Å². The second-order valence-electron chi connectivity index (χ2n) is 4.96. The van der Waals surface area contributed by atoms with Crippen LogP contribution < -0.4 is 5.32 Å². The summed E-state index contributed by atoms with van der Waals surface area (Å²) in [6.45, 7) is 5.03. The minimum Gasteiger partial charge on any atom is -0.353 e. The Kier molecular flexibility index (Phi) is 5.59. The first-order valence-electron chi connectivity index (χ1n) is 6.64. The first-order chi connectivity index (χ1) is 8.38. The lowest BCUT2D eigenvalue weighted by Gasteiger charge is -2.30. The van der Waals surface area contributed by atoms with Gasteiger partial charge in [-0.1, -0.05) is 13.8 Å². The molecule has 0 aliphatic carbocycles. The van der Waals surface area contributed by atoms with Crippen molar-refractivity contribution in [2.45, 2.75) is 45.6 Å². The zero-order valence-corrected chi connectivity index (χ0v) is 12.3. The van der Waals surface area contributed by atoms with Crippen molar-refractivity contribution in [1.29, 1.82) is 0 Å². The van der Waals surface area contributed by atoms with E-state index in [0.717, 1.165) is 12.8 Å². The van der Waals surface area contributed by atoms with Gasteiger partial charge in [0.2, 0.25) is 15.9 Å². The average Bonchev–Trinajstić information content (AvgIpc) is 2.34. The molecule has 1 fully saturated rings. The van der Waals surface area contributed by atoms with Gasteiger partial charge >= 0.3 is 0 Å². The van der Waals surface area contributed by atoms with E-state index in [4.69, 9.17) is 0 Å². The van der Waals surface area contributed by atoms with Crippen LogP contribution >= 0.6 is 0 Å². The Morgan fingerprint density at radius 3 is 2.17 bits per heavy atom. The number of piperidine rings is 1. The fourth-order valence-electron chi connectivity index (χ4n) is 2.26. The molecule has 106 valence electrons. The van der Waals surface area contributed by atoms with E-state index in [2.05, 4.69) is 19.2 Å². The van der Waals surface area contributed by atoms with Crippen molar-refractivity contribution in [2.75, 3.05) is 19.3 Å². The van der Waals surface area contributed by atoms with E-state index in [0.29, 0.717) is 25.9 Å². The highest BCUT2D eigenvalue weighted by Gasteiger charge is 2.29. The SMILES string of the molecule is CCC(CC)NC(=O)C1CCN(S(C)(=O)=O)CC1. The number of sulfonamides is 1. The zero-order valence-electron chi connectivity index (χ0n) is 11.5. The molecule has 0 aromatic carbocycles. The average molecular weight is 276 g/mol. The third-order valence-corrected chi connectivity index (χ3v) is 4.93. The summed E-state index contributed by atoms with van der Waals surface area (Å²) in [4.78, 5) is 12.0. The summed E-state index contributed by atoms with van der Waals surface area (Å²) in [6.07, 6.45) is 4.34. The standard InChI is InChI=1S/C12H24N2O3S/c1-4-11(5-2)13-12(15)10-6-8-14(9-7-10)18(3,16)17/h10-11H,4-9H2,1-3H3,(H,13,15). The molecule has 1 aliphatic heterocycles. The van der Waals surface area contributed by atoms with Gasteiger partial charge in [0.05, 0.1) is 6.26 Å². The summed E-state index contributed by atoms with van der Waals surface area (Å²) in [7, 11) is -3.11. The van der Waals surface area contributed by atoms with Crippen LogP contribution in [0.15, 0.2) is 0 Å². The van der Waals surface area contributed by atoms with E-state index >= 15 is 0 Å². The highest BCUT2D eigenvalue weighted by atomic mass is 32.2. The summed E-state index contributed by atoms with van der Waals surface area (Å²) >= 11 is 0. The lowest BCUT2D eigenvalue weighted by molar-refractivity contribution is -0.126. The van der Waals surface area contributed by atoms with E-state index in [-0.39, 0.29) is 17.9 Å². The second-order valence-corrected chi connectivity index (χ2v) is 6.94. The molecule has 1 heterocycles. The van der Waals surface area contributed by atoms with Gasteiger partial charge in [0, 0.05) is 25.0 Å². The molecule has 18 heavy (non-hydrogen) atoms. The van der Waals surface area contributed by atoms with Crippen LogP contribution in [0.1, 0.15) is 39.5 Å². The van der Waals surface area contributed by atoms with Crippen molar-refractivity contribution in [2.24, 2.45) is 5.92 Å². The molecule has 0 aromatic rings. The molecule has 0 atom stereocenters. The molecule has 0 spiro atoms. The Bertz CT molecular complexity index is 369. The molecule has 0 unspecified atom stereocenters. The molecule has 1 saturated heterocycles. The van der Waals surface area contributed by atoms with E-state index in [1.54, 1.807) is 0 Å². The van der Waals surface area contributed by atoms with Crippen molar-refractivity contribution in [3.8, 4) is 0 Å². The molecule has 1 amide bonds. The lowest BCUT2D eigenvalue weighted by atomic mass is 9.96. The maximum absolute atomic E-state index is 12.0. The normalized spacial score (nSPS) is 19.1. The molecule has 5 nitrogen and oxygen atoms in total. The van der Waals surface area contributed by atoms with Crippen LogP contribution in [0.3, 0.4) is 0 Å². The molecule has 1 aliphatic rings. The van der Waals surface area contributed by atoms with Crippen LogP contribution in [0.5, 0.6) is 0 Å². The van der Waals surface area contributed by atoms with Gasteiger partial charge in [0.25, 0.3) is 0 Å². The summed E-state index contributed by atoms with van der Waals surface area (Å²) in [5.41, 5.74) is 0. The number of rotatable bonds is 5. The number of hydrogen-bond acceptors (Lipinski definition) is 3. The quantitative estimate of drug-likeness (QED) is 0.813. The number of hydrogen-bond donors (Lipinski definition) is 1. The van der Waals surface area contributed by atoms with E-state index in [1.807, 2.05) is 0 Å². The van der Waals surface area contributed by atoms with Crippen molar-refractivity contribution >= 4 is 15.9 Å². The maximum atomic E-state index is 12.0. The Labute approximate surface area is 110 Å². The Morgan fingerprint density at radius 1 is 1.28 bits per heavy atom. The molecular formula is C12H24N2O3S. The molecular weight excluding hydrogens is 252 g/mol. The van der Waals surface area contributed by atoms with Gasteiger partial charge in [-0.25, -0.2) is 12.7 Å². The van der Waals surface area contributed by atoms with Gasteiger partial charge in [0.1, 0.15) is 0 Å². The third-order valence-electron chi connectivity index (χ3n) is 3.63. The Morgan fingerprint density at radius 2 is 1.78 bits per heavy atom. The van der Waals surface area contributed by atoms with Crippen LogP contribution in [0, 0.1) is 5.92 Å². The smallest absolute Gasteiger partial charge is 0.223 e. The first-order valence-corrected chi connectivity index (χ1v) is 8.48. The van der Waals surface area contributed by atoms with Crippen molar-refractivity contribution in [1.82, 2.24) is 9.62 Å². The molecule has 1 N–H and O–H groups in total. The van der Waals surface area contributed by atoms with Crippen molar-refractivity contribution in [3.05, 3.63) is 0 Å². The molecule has 0 aromatic heterocycles. The van der Waals surface area contributed by atoms with Gasteiger partial charge in [-0.15, -0.1) is 0 Å². The van der Waals surface area contributed by atoms with Crippen molar-refractivity contribution in [3.63, 3.8) is 0 Å². The zero-order chi connectivity index (χ0) is 13.8. The van der Waals surface area contributed by atoms with E-state index in [1.165, 1.54) is 10.6 Å². The van der Waals surface area contributed by atoms with Gasteiger partial charge in [-0.2, -0.15) is 0 Å². The van der Waals surface area contributed by atoms with Gasteiger partial charge in [0.15, 0.2) is 0 Å². The highest BCUT2D eigenvalue weighted by Crippen LogP contribution is 2.19. The fourth-order valence-corrected chi connectivity index (χ4v) is 3.14. The second kappa shape index (κ2) is 6.52. The summed E-state index contributed by atoms with van der Waals surface area (Å²) < 4.78 is 24.2. The number of carbonyl (C=O) groups excluding carboxylic acids is 1. The number of nitrogens with one attached hydrogen (secondary N) is 1. The number of nitrogens with zero attached hydrogens (tertiary/aromatic N) is 1. The molecule has 6 heteroatoms. The van der Waals surface area contributed by atoms with Gasteiger partial charge < -0.3 is 5.32 Å². The first kappa shape index (κ1) is 15.4. The predicted molar refractivity (Wildman–Crippen MR) is 71.7 cm³/mol. The summed E-state index contributed by atoms with van der Waals surface area (Å²) in [5, 5.41) is 3.03. The molecule has 1 rings (SSSR count). The largest absolute Gasteiger partial charge is 0.353 e. The van der Waals surface area contributed by atoms with E-state index < -0.39 is 10.0 Å². The van der Waals surface area contributed by atoms with Gasteiger partial charge in [-0.3, -0.25) is 4.79 Å². The Balaban J connectivity index is 2.45.